The van der Waals surface area contributed by atoms with Gasteiger partial charge in [0.2, 0.25) is 0 Å². The van der Waals surface area contributed by atoms with Crippen molar-refractivity contribution >= 4 is 20.1 Å². The van der Waals surface area contributed by atoms with Crippen LogP contribution in [0.25, 0.3) is 0 Å². The van der Waals surface area contributed by atoms with Crippen LogP contribution in [0.4, 0.5) is 0 Å². The standard InChI is InChI=1S/C27H44O4Si/c1-18(28)30-17-27-15-12-20(31-32(6,7)25(2,3)4)16-19(27)8-9-21-22-10-11-24(29)26(22,5)14-13-23(21)27/h8,20-23H,9-17H2,1-7H3/t20?,21-,22-,23-,26-,27+/m0/s1. The average molecular weight is 461 g/mol. The molecule has 4 rings (SSSR count). The van der Waals surface area contributed by atoms with Crippen LogP contribution in [-0.4, -0.2) is 32.8 Å². The summed E-state index contributed by atoms with van der Waals surface area (Å²) in [6.45, 7) is 15.9. The zero-order valence-corrected chi connectivity index (χ0v) is 22.4. The number of rotatable bonds is 4. The Hall–Kier alpha value is -0.943. The molecule has 0 aromatic carbocycles. The highest BCUT2D eigenvalue weighted by Gasteiger charge is 2.60. The Labute approximate surface area is 196 Å². The summed E-state index contributed by atoms with van der Waals surface area (Å²) in [6.07, 6.45) is 10.7. The van der Waals surface area contributed by atoms with Crippen molar-refractivity contribution in [2.45, 2.75) is 110 Å². The highest BCUT2D eigenvalue weighted by atomic mass is 28.4. The molecule has 0 bridgehead atoms. The van der Waals surface area contributed by atoms with Gasteiger partial charge in [-0.25, -0.2) is 0 Å². The van der Waals surface area contributed by atoms with Gasteiger partial charge in [-0.1, -0.05) is 39.3 Å². The third-order valence-electron chi connectivity index (χ3n) is 10.3. The van der Waals surface area contributed by atoms with E-state index in [0.29, 0.717) is 30.1 Å². The van der Waals surface area contributed by atoms with Crippen molar-refractivity contribution < 1.29 is 18.8 Å². The van der Waals surface area contributed by atoms with Gasteiger partial charge in [-0.2, -0.15) is 0 Å². The first-order valence-electron chi connectivity index (χ1n) is 12.8. The lowest BCUT2D eigenvalue weighted by atomic mass is 9.47. The second kappa shape index (κ2) is 8.08. The summed E-state index contributed by atoms with van der Waals surface area (Å²) < 4.78 is 12.6. The smallest absolute Gasteiger partial charge is 0.302 e. The zero-order valence-electron chi connectivity index (χ0n) is 21.4. The first kappa shape index (κ1) is 24.2. The summed E-state index contributed by atoms with van der Waals surface area (Å²) >= 11 is 0. The Bertz CT molecular complexity index is 809. The van der Waals surface area contributed by atoms with E-state index in [2.05, 4.69) is 46.9 Å². The molecule has 5 heteroatoms. The third-order valence-corrected chi connectivity index (χ3v) is 14.8. The average Bonchev–Trinajstić information content (AvgIpc) is 3.00. The lowest BCUT2D eigenvalue weighted by Crippen LogP contribution is -2.54. The van der Waals surface area contributed by atoms with Crippen LogP contribution >= 0.6 is 0 Å². The van der Waals surface area contributed by atoms with Crippen molar-refractivity contribution in [3.8, 4) is 0 Å². The monoisotopic (exact) mass is 460 g/mol. The highest BCUT2D eigenvalue weighted by molar-refractivity contribution is 6.74. The predicted octanol–water partition coefficient (Wildman–Crippen LogP) is 6.45. The molecule has 4 aliphatic carbocycles. The van der Waals surface area contributed by atoms with Gasteiger partial charge in [0.1, 0.15) is 12.4 Å². The largest absolute Gasteiger partial charge is 0.465 e. The number of hydrogen-bond donors (Lipinski definition) is 0. The van der Waals surface area contributed by atoms with Gasteiger partial charge in [0, 0.05) is 30.3 Å². The molecule has 3 saturated carbocycles. The van der Waals surface area contributed by atoms with Gasteiger partial charge >= 0.3 is 5.97 Å². The second-order valence-corrected chi connectivity index (χ2v) is 17.7. The Morgan fingerprint density at radius 3 is 2.53 bits per heavy atom. The van der Waals surface area contributed by atoms with E-state index in [1.165, 1.54) is 12.5 Å². The maximum atomic E-state index is 12.7. The molecule has 0 heterocycles. The molecule has 0 spiro atoms. The molecule has 0 aliphatic heterocycles. The first-order chi connectivity index (χ1) is 14.8. The van der Waals surface area contributed by atoms with Crippen LogP contribution in [0, 0.1) is 28.6 Å². The minimum absolute atomic E-state index is 0.0607. The Balaban J connectivity index is 1.62. The number of Topliss-reactive ketones (excluding diaryl/α,β-unsaturated/α-hetero) is 1. The Kier molecular flexibility index (Phi) is 6.10. The molecule has 4 aliphatic rings. The van der Waals surface area contributed by atoms with E-state index in [0.717, 1.165) is 51.4 Å². The zero-order chi connectivity index (χ0) is 23.5. The van der Waals surface area contributed by atoms with E-state index < -0.39 is 8.32 Å². The topological polar surface area (TPSA) is 52.6 Å². The van der Waals surface area contributed by atoms with Crippen LogP contribution < -0.4 is 0 Å². The van der Waals surface area contributed by atoms with Gasteiger partial charge in [0.25, 0.3) is 0 Å². The normalized spacial score (nSPS) is 39.6. The summed E-state index contributed by atoms with van der Waals surface area (Å²) in [4.78, 5) is 24.6. The number of fused-ring (bicyclic) bond motifs is 5. The number of esters is 1. The Morgan fingerprint density at radius 1 is 1.16 bits per heavy atom. The molecule has 180 valence electrons. The van der Waals surface area contributed by atoms with Crippen molar-refractivity contribution in [3.63, 3.8) is 0 Å². The van der Waals surface area contributed by atoms with Gasteiger partial charge in [-0.05, 0) is 80.8 Å². The van der Waals surface area contributed by atoms with Crippen molar-refractivity contribution in [2.24, 2.45) is 28.6 Å². The van der Waals surface area contributed by atoms with E-state index in [9.17, 15) is 9.59 Å². The summed E-state index contributed by atoms with van der Waals surface area (Å²) in [5.74, 6) is 1.84. The van der Waals surface area contributed by atoms with Crippen LogP contribution in [0.3, 0.4) is 0 Å². The number of carbonyl (C=O) groups is 2. The molecule has 0 aromatic rings. The maximum absolute atomic E-state index is 12.7. The molecule has 0 radical (unpaired) electrons. The molecule has 6 atom stereocenters. The molecule has 32 heavy (non-hydrogen) atoms. The molecule has 3 fully saturated rings. The predicted molar refractivity (Wildman–Crippen MR) is 130 cm³/mol. The van der Waals surface area contributed by atoms with Gasteiger partial charge < -0.3 is 9.16 Å². The summed E-state index contributed by atoms with van der Waals surface area (Å²) in [7, 11) is -1.83. The van der Waals surface area contributed by atoms with Gasteiger partial charge in [-0.15, -0.1) is 0 Å². The van der Waals surface area contributed by atoms with Gasteiger partial charge in [0.05, 0.1) is 0 Å². The molecule has 0 amide bonds. The number of carbonyl (C=O) groups excluding carboxylic acids is 2. The van der Waals surface area contributed by atoms with E-state index in [4.69, 9.17) is 9.16 Å². The van der Waals surface area contributed by atoms with Crippen LogP contribution in [-0.2, 0) is 18.8 Å². The molecular formula is C27H44O4Si. The SMILES string of the molecule is CC(=O)OC[C@]12CCC(O[Si](C)(C)C(C)(C)C)CC1=CC[C@@H]1[C@@H]2CC[C@]2(C)C(=O)CC[C@@H]12. The number of ether oxygens (including phenoxy) is 1. The van der Waals surface area contributed by atoms with Crippen LogP contribution in [0.15, 0.2) is 11.6 Å². The van der Waals surface area contributed by atoms with E-state index in [-0.39, 0.29) is 27.9 Å². The number of ketones is 1. The van der Waals surface area contributed by atoms with E-state index >= 15 is 0 Å². The fourth-order valence-electron chi connectivity index (χ4n) is 7.39. The fourth-order valence-corrected chi connectivity index (χ4v) is 8.78. The van der Waals surface area contributed by atoms with E-state index in [1.54, 1.807) is 0 Å². The van der Waals surface area contributed by atoms with Crippen LogP contribution in [0.2, 0.25) is 18.1 Å². The lowest BCUT2D eigenvalue weighted by molar-refractivity contribution is -0.150. The second-order valence-electron chi connectivity index (χ2n) is 12.9. The molecule has 4 nitrogen and oxygen atoms in total. The fraction of sp³-hybridized carbons (Fsp3) is 0.852. The van der Waals surface area contributed by atoms with Crippen molar-refractivity contribution in [1.29, 1.82) is 0 Å². The number of hydrogen-bond acceptors (Lipinski definition) is 4. The molecule has 0 aromatic heterocycles. The van der Waals surface area contributed by atoms with Crippen molar-refractivity contribution in [2.75, 3.05) is 6.61 Å². The summed E-state index contributed by atoms with van der Waals surface area (Å²) in [5.41, 5.74) is 1.29. The molecule has 0 N–H and O–H groups in total. The lowest BCUT2D eigenvalue weighted by Gasteiger charge is -2.58. The third kappa shape index (κ3) is 3.85. The van der Waals surface area contributed by atoms with E-state index in [1.807, 2.05) is 0 Å². The minimum atomic E-state index is -1.83. The summed E-state index contributed by atoms with van der Waals surface area (Å²) in [5, 5.41) is 0.203. The molecule has 1 unspecified atom stereocenters. The summed E-state index contributed by atoms with van der Waals surface area (Å²) in [6, 6.07) is 0. The highest BCUT2D eigenvalue weighted by Crippen LogP contribution is 2.64. The molecular weight excluding hydrogens is 416 g/mol. The van der Waals surface area contributed by atoms with Gasteiger partial charge in [0.15, 0.2) is 8.32 Å². The van der Waals surface area contributed by atoms with Gasteiger partial charge in [-0.3, -0.25) is 9.59 Å². The maximum Gasteiger partial charge on any atom is 0.302 e. The number of allylic oxidation sites excluding steroid dienone is 1. The van der Waals surface area contributed by atoms with Crippen LogP contribution in [0.5, 0.6) is 0 Å². The van der Waals surface area contributed by atoms with Crippen LogP contribution in [0.1, 0.15) is 86.0 Å². The van der Waals surface area contributed by atoms with Crippen molar-refractivity contribution in [3.05, 3.63) is 11.6 Å². The Morgan fingerprint density at radius 2 is 1.88 bits per heavy atom. The minimum Gasteiger partial charge on any atom is -0.465 e. The quantitative estimate of drug-likeness (QED) is 0.275. The first-order valence-corrected chi connectivity index (χ1v) is 15.7. The van der Waals surface area contributed by atoms with Crippen molar-refractivity contribution in [1.82, 2.24) is 0 Å². The molecule has 0 saturated heterocycles.